The predicted molar refractivity (Wildman–Crippen MR) is 57.5 cm³/mol. The summed E-state index contributed by atoms with van der Waals surface area (Å²) < 4.78 is 0. The molecule has 86 valence electrons. The molecule has 0 aromatic heterocycles. The van der Waals surface area contributed by atoms with E-state index in [0.29, 0.717) is 25.6 Å². The number of urea groups is 1. The van der Waals surface area contributed by atoms with Crippen LogP contribution in [0.25, 0.3) is 0 Å². The lowest BCUT2D eigenvalue weighted by Gasteiger charge is -2.06. The summed E-state index contributed by atoms with van der Waals surface area (Å²) in [6.07, 6.45) is 3.42. The average Bonchev–Trinajstić information content (AvgIpc) is 2.98. The number of carbonyl (C=O) groups excluding carboxylic acids is 2. The van der Waals surface area contributed by atoms with Gasteiger partial charge in [-0.05, 0) is 19.3 Å². The molecular weight excluding hydrogens is 194 g/mol. The van der Waals surface area contributed by atoms with E-state index in [1.807, 2.05) is 6.92 Å². The maximum atomic E-state index is 11.1. The van der Waals surface area contributed by atoms with E-state index in [9.17, 15) is 9.59 Å². The second-order valence-corrected chi connectivity index (χ2v) is 3.77. The van der Waals surface area contributed by atoms with Gasteiger partial charge >= 0.3 is 6.03 Å². The van der Waals surface area contributed by atoms with E-state index < -0.39 is 0 Å². The summed E-state index contributed by atoms with van der Waals surface area (Å²) >= 11 is 0. The standard InChI is InChI=1S/C10H19N3O2/c1-2-6-11-9(14)5-7-12-10(15)13-8-3-4-8/h8H,2-7H2,1H3,(H,11,14)(H2,12,13,15). The van der Waals surface area contributed by atoms with Crippen LogP contribution in [-0.2, 0) is 4.79 Å². The Morgan fingerprint density at radius 1 is 1.20 bits per heavy atom. The number of hydrogen-bond acceptors (Lipinski definition) is 2. The summed E-state index contributed by atoms with van der Waals surface area (Å²) in [6, 6.07) is 0.194. The fraction of sp³-hybridized carbons (Fsp3) is 0.800. The summed E-state index contributed by atoms with van der Waals surface area (Å²) in [5.74, 6) is -0.0106. The predicted octanol–water partition coefficient (Wildman–Crippen LogP) is 0.364. The molecule has 15 heavy (non-hydrogen) atoms. The largest absolute Gasteiger partial charge is 0.356 e. The topological polar surface area (TPSA) is 70.2 Å². The van der Waals surface area contributed by atoms with Crippen LogP contribution in [0.15, 0.2) is 0 Å². The summed E-state index contributed by atoms with van der Waals surface area (Å²) in [5, 5.41) is 8.19. The Bertz CT molecular complexity index is 227. The Morgan fingerprint density at radius 3 is 2.53 bits per heavy atom. The maximum absolute atomic E-state index is 11.1. The molecule has 0 atom stereocenters. The lowest BCUT2D eigenvalue weighted by Crippen LogP contribution is -2.38. The minimum absolute atomic E-state index is 0.0106. The first-order valence-electron chi connectivity index (χ1n) is 5.53. The molecule has 1 aliphatic rings. The average molecular weight is 213 g/mol. The Morgan fingerprint density at radius 2 is 1.93 bits per heavy atom. The molecule has 0 unspecified atom stereocenters. The van der Waals surface area contributed by atoms with Gasteiger partial charge in [0, 0.05) is 25.6 Å². The van der Waals surface area contributed by atoms with Crippen LogP contribution < -0.4 is 16.0 Å². The van der Waals surface area contributed by atoms with Gasteiger partial charge in [0.25, 0.3) is 0 Å². The van der Waals surface area contributed by atoms with E-state index >= 15 is 0 Å². The quantitative estimate of drug-likeness (QED) is 0.596. The molecule has 1 rings (SSSR count). The zero-order chi connectivity index (χ0) is 11.1. The van der Waals surface area contributed by atoms with Crippen molar-refractivity contribution in [1.29, 1.82) is 0 Å². The molecule has 3 amide bonds. The van der Waals surface area contributed by atoms with E-state index in [2.05, 4.69) is 16.0 Å². The van der Waals surface area contributed by atoms with Crippen molar-refractivity contribution in [2.75, 3.05) is 13.1 Å². The van der Waals surface area contributed by atoms with E-state index in [1.165, 1.54) is 0 Å². The molecule has 1 fully saturated rings. The third-order valence-electron chi connectivity index (χ3n) is 2.12. The van der Waals surface area contributed by atoms with Crippen LogP contribution in [-0.4, -0.2) is 31.1 Å². The summed E-state index contributed by atoms with van der Waals surface area (Å²) in [7, 11) is 0. The first-order chi connectivity index (χ1) is 7.22. The van der Waals surface area contributed by atoms with Crippen LogP contribution in [0.3, 0.4) is 0 Å². The highest BCUT2D eigenvalue weighted by Crippen LogP contribution is 2.18. The first kappa shape index (κ1) is 11.8. The van der Waals surface area contributed by atoms with Gasteiger partial charge in [0.05, 0.1) is 0 Å². The van der Waals surface area contributed by atoms with Crippen molar-refractivity contribution in [1.82, 2.24) is 16.0 Å². The minimum Gasteiger partial charge on any atom is -0.356 e. The summed E-state index contributed by atoms with van der Waals surface area (Å²) in [6.45, 7) is 3.10. The highest BCUT2D eigenvalue weighted by atomic mass is 16.2. The number of amides is 3. The molecule has 5 heteroatoms. The molecular formula is C10H19N3O2. The van der Waals surface area contributed by atoms with Gasteiger partial charge in [-0.1, -0.05) is 6.92 Å². The SMILES string of the molecule is CCCNC(=O)CCNC(=O)NC1CC1. The van der Waals surface area contributed by atoms with E-state index in [-0.39, 0.29) is 11.9 Å². The van der Waals surface area contributed by atoms with E-state index in [1.54, 1.807) is 0 Å². The van der Waals surface area contributed by atoms with Crippen molar-refractivity contribution in [2.45, 2.75) is 38.6 Å². The third kappa shape index (κ3) is 5.93. The smallest absolute Gasteiger partial charge is 0.315 e. The maximum Gasteiger partial charge on any atom is 0.315 e. The highest BCUT2D eigenvalue weighted by Gasteiger charge is 2.22. The van der Waals surface area contributed by atoms with E-state index in [4.69, 9.17) is 0 Å². The zero-order valence-corrected chi connectivity index (χ0v) is 9.14. The summed E-state index contributed by atoms with van der Waals surface area (Å²) in [5.41, 5.74) is 0. The molecule has 0 bridgehead atoms. The van der Waals surface area contributed by atoms with Gasteiger partial charge in [0.15, 0.2) is 0 Å². The van der Waals surface area contributed by atoms with Crippen molar-refractivity contribution in [3.8, 4) is 0 Å². The fourth-order valence-electron chi connectivity index (χ4n) is 1.11. The highest BCUT2D eigenvalue weighted by molar-refractivity contribution is 5.78. The lowest BCUT2D eigenvalue weighted by molar-refractivity contribution is -0.120. The van der Waals surface area contributed by atoms with Gasteiger partial charge in [-0.15, -0.1) is 0 Å². The van der Waals surface area contributed by atoms with Gasteiger partial charge in [-0.3, -0.25) is 4.79 Å². The molecule has 0 aromatic carbocycles. The number of carbonyl (C=O) groups is 2. The number of nitrogens with one attached hydrogen (secondary N) is 3. The summed E-state index contributed by atoms with van der Waals surface area (Å²) in [4.78, 5) is 22.3. The van der Waals surface area contributed by atoms with Crippen LogP contribution in [0, 0.1) is 0 Å². The fourth-order valence-corrected chi connectivity index (χ4v) is 1.11. The van der Waals surface area contributed by atoms with Crippen LogP contribution in [0.5, 0.6) is 0 Å². The molecule has 5 nitrogen and oxygen atoms in total. The molecule has 1 aliphatic carbocycles. The molecule has 0 spiro atoms. The number of rotatable bonds is 6. The van der Waals surface area contributed by atoms with Crippen LogP contribution >= 0.6 is 0 Å². The number of hydrogen-bond donors (Lipinski definition) is 3. The van der Waals surface area contributed by atoms with Gasteiger partial charge in [0.2, 0.25) is 5.91 Å². The normalized spacial score (nSPS) is 14.5. The molecule has 1 saturated carbocycles. The van der Waals surface area contributed by atoms with Crippen LogP contribution in [0.1, 0.15) is 32.6 Å². The van der Waals surface area contributed by atoms with Gasteiger partial charge in [0.1, 0.15) is 0 Å². The van der Waals surface area contributed by atoms with Crippen molar-refractivity contribution in [3.63, 3.8) is 0 Å². The first-order valence-corrected chi connectivity index (χ1v) is 5.53. The molecule has 3 N–H and O–H groups in total. The van der Waals surface area contributed by atoms with Crippen molar-refractivity contribution in [3.05, 3.63) is 0 Å². The molecule has 0 aliphatic heterocycles. The monoisotopic (exact) mass is 213 g/mol. The van der Waals surface area contributed by atoms with Gasteiger partial charge in [-0.2, -0.15) is 0 Å². The minimum atomic E-state index is -0.166. The van der Waals surface area contributed by atoms with Crippen molar-refractivity contribution in [2.24, 2.45) is 0 Å². The van der Waals surface area contributed by atoms with Gasteiger partial charge in [-0.25, -0.2) is 4.79 Å². The Labute approximate surface area is 90.0 Å². The molecule has 0 heterocycles. The Hall–Kier alpha value is -1.26. The molecule has 0 aromatic rings. The molecule has 0 saturated heterocycles. The van der Waals surface area contributed by atoms with Crippen molar-refractivity contribution < 1.29 is 9.59 Å². The van der Waals surface area contributed by atoms with Crippen LogP contribution in [0.4, 0.5) is 4.79 Å². The Kier molecular flexibility index (Phi) is 4.93. The van der Waals surface area contributed by atoms with Crippen molar-refractivity contribution >= 4 is 11.9 Å². The second-order valence-electron chi connectivity index (χ2n) is 3.77. The van der Waals surface area contributed by atoms with E-state index in [0.717, 1.165) is 19.3 Å². The zero-order valence-electron chi connectivity index (χ0n) is 9.14. The Balaban J connectivity index is 1.94. The third-order valence-corrected chi connectivity index (χ3v) is 2.12. The van der Waals surface area contributed by atoms with Crippen LogP contribution in [0.2, 0.25) is 0 Å². The lowest BCUT2D eigenvalue weighted by atomic mass is 10.4. The van der Waals surface area contributed by atoms with Gasteiger partial charge < -0.3 is 16.0 Å². The molecule has 0 radical (unpaired) electrons. The second kappa shape index (κ2) is 6.27.